The van der Waals surface area contributed by atoms with Crippen molar-refractivity contribution in [3.63, 3.8) is 0 Å². The topological polar surface area (TPSA) is 64.3 Å². The summed E-state index contributed by atoms with van der Waals surface area (Å²) >= 11 is 0. The average Bonchev–Trinajstić information content (AvgIpc) is 2.48. The van der Waals surface area contributed by atoms with Crippen LogP contribution in [-0.4, -0.2) is 35.1 Å². The van der Waals surface area contributed by atoms with E-state index in [2.05, 4.69) is 6.07 Å². The molecule has 1 atom stereocenters. The van der Waals surface area contributed by atoms with Crippen molar-refractivity contribution >= 4 is 5.91 Å². The number of carbonyl (C=O) groups is 1. The number of amides is 1. The van der Waals surface area contributed by atoms with Gasteiger partial charge in [-0.25, -0.2) is 0 Å². The average molecular weight is 264 g/mol. The van der Waals surface area contributed by atoms with Crippen molar-refractivity contribution in [1.29, 1.82) is 5.26 Å². The van der Waals surface area contributed by atoms with Crippen LogP contribution in [0, 0.1) is 16.7 Å². The van der Waals surface area contributed by atoms with Gasteiger partial charge >= 0.3 is 0 Å². The van der Waals surface area contributed by atoms with E-state index in [9.17, 15) is 10.1 Å². The monoisotopic (exact) mass is 264 g/mol. The molecule has 0 aromatic rings. The van der Waals surface area contributed by atoms with Gasteiger partial charge in [0.25, 0.3) is 0 Å². The van der Waals surface area contributed by atoms with Gasteiger partial charge in [-0.1, -0.05) is 19.3 Å². The summed E-state index contributed by atoms with van der Waals surface area (Å²) in [7, 11) is 0. The van der Waals surface area contributed by atoms with E-state index >= 15 is 0 Å². The molecule has 1 aliphatic heterocycles. The SMILES string of the molecule is N#CC1(C(=O)N2CCCCC2CCO)CCCCC1. The van der Waals surface area contributed by atoms with E-state index in [0.29, 0.717) is 19.3 Å². The standard InChI is InChI=1S/C15H24N2O2/c16-12-15(8-3-1-4-9-15)14(19)17-10-5-2-6-13(17)7-11-18/h13,18H,1-11H2. The number of likely N-dealkylation sites (tertiary alicyclic amines) is 1. The summed E-state index contributed by atoms with van der Waals surface area (Å²) < 4.78 is 0. The van der Waals surface area contributed by atoms with Crippen molar-refractivity contribution < 1.29 is 9.90 Å². The molecule has 1 N–H and O–H groups in total. The summed E-state index contributed by atoms with van der Waals surface area (Å²) in [5, 5.41) is 18.7. The summed E-state index contributed by atoms with van der Waals surface area (Å²) in [6, 6.07) is 2.46. The van der Waals surface area contributed by atoms with Crippen LogP contribution in [0.3, 0.4) is 0 Å². The van der Waals surface area contributed by atoms with E-state index in [1.54, 1.807) is 0 Å². The first-order valence-electron chi connectivity index (χ1n) is 7.57. The molecular formula is C15H24N2O2. The van der Waals surface area contributed by atoms with E-state index in [0.717, 1.165) is 45.1 Å². The maximum atomic E-state index is 12.8. The largest absolute Gasteiger partial charge is 0.396 e. The molecule has 0 aromatic carbocycles. The minimum absolute atomic E-state index is 0.0350. The predicted molar refractivity (Wildman–Crippen MR) is 72.2 cm³/mol. The van der Waals surface area contributed by atoms with Gasteiger partial charge in [-0.3, -0.25) is 4.79 Å². The maximum Gasteiger partial charge on any atom is 0.243 e. The fourth-order valence-electron chi connectivity index (χ4n) is 3.52. The highest BCUT2D eigenvalue weighted by Crippen LogP contribution is 2.39. The Kier molecular flexibility index (Phi) is 4.81. The Morgan fingerprint density at radius 2 is 2.00 bits per heavy atom. The normalized spacial score (nSPS) is 26.7. The first-order valence-corrected chi connectivity index (χ1v) is 7.57. The van der Waals surface area contributed by atoms with Crippen LogP contribution in [0.15, 0.2) is 0 Å². The van der Waals surface area contributed by atoms with Crippen molar-refractivity contribution in [1.82, 2.24) is 4.90 Å². The zero-order chi connectivity index (χ0) is 13.7. The van der Waals surface area contributed by atoms with Crippen molar-refractivity contribution in [3.05, 3.63) is 0 Å². The lowest BCUT2D eigenvalue weighted by Crippen LogP contribution is -2.51. The summed E-state index contributed by atoms with van der Waals surface area (Å²) in [6.07, 6.45) is 8.28. The molecule has 1 unspecified atom stereocenters. The molecule has 19 heavy (non-hydrogen) atoms. The number of nitrogens with zero attached hydrogens (tertiary/aromatic N) is 2. The van der Waals surface area contributed by atoms with Gasteiger partial charge in [0.05, 0.1) is 6.07 Å². The number of aliphatic hydroxyl groups excluding tert-OH is 1. The van der Waals surface area contributed by atoms with Gasteiger partial charge in [0.15, 0.2) is 0 Å². The molecule has 0 bridgehead atoms. The molecule has 4 heteroatoms. The van der Waals surface area contributed by atoms with Crippen LogP contribution in [0.4, 0.5) is 0 Å². The first kappa shape index (κ1) is 14.3. The molecule has 1 saturated carbocycles. The summed E-state index contributed by atoms with van der Waals surface area (Å²) in [5.74, 6) is 0.0350. The Morgan fingerprint density at radius 1 is 1.26 bits per heavy atom. The highest BCUT2D eigenvalue weighted by atomic mass is 16.3. The van der Waals surface area contributed by atoms with E-state index in [1.165, 1.54) is 0 Å². The molecule has 1 heterocycles. The lowest BCUT2D eigenvalue weighted by molar-refractivity contribution is -0.144. The second-order valence-corrected chi connectivity index (χ2v) is 5.92. The van der Waals surface area contributed by atoms with Gasteiger partial charge in [-0.05, 0) is 38.5 Å². The molecule has 1 aliphatic carbocycles. The van der Waals surface area contributed by atoms with Crippen molar-refractivity contribution in [2.45, 2.75) is 63.8 Å². The quantitative estimate of drug-likeness (QED) is 0.850. The smallest absolute Gasteiger partial charge is 0.243 e. The van der Waals surface area contributed by atoms with Gasteiger partial charge in [-0.2, -0.15) is 5.26 Å². The van der Waals surface area contributed by atoms with E-state index in [1.807, 2.05) is 4.90 Å². The third-order valence-corrected chi connectivity index (χ3v) is 4.68. The van der Waals surface area contributed by atoms with Crippen LogP contribution in [0.5, 0.6) is 0 Å². The summed E-state index contributed by atoms with van der Waals surface area (Å²) in [4.78, 5) is 14.7. The predicted octanol–water partition coefficient (Wildman–Crippen LogP) is 2.22. The van der Waals surface area contributed by atoms with Gasteiger partial charge < -0.3 is 10.0 Å². The van der Waals surface area contributed by atoms with E-state index in [-0.39, 0.29) is 18.6 Å². The molecule has 1 saturated heterocycles. The Bertz CT molecular complexity index is 354. The Morgan fingerprint density at radius 3 is 2.63 bits per heavy atom. The second kappa shape index (κ2) is 6.38. The van der Waals surface area contributed by atoms with Gasteiger partial charge in [-0.15, -0.1) is 0 Å². The highest BCUT2D eigenvalue weighted by molar-refractivity contribution is 5.86. The number of nitriles is 1. The van der Waals surface area contributed by atoms with Gasteiger partial charge in [0.2, 0.25) is 5.91 Å². The zero-order valence-corrected chi connectivity index (χ0v) is 11.6. The minimum Gasteiger partial charge on any atom is -0.396 e. The van der Waals surface area contributed by atoms with Crippen LogP contribution in [0.1, 0.15) is 57.8 Å². The van der Waals surface area contributed by atoms with Crippen LogP contribution in [0.25, 0.3) is 0 Å². The molecule has 2 fully saturated rings. The van der Waals surface area contributed by atoms with Crippen molar-refractivity contribution in [3.8, 4) is 6.07 Å². The fraction of sp³-hybridized carbons (Fsp3) is 0.867. The molecular weight excluding hydrogens is 240 g/mol. The summed E-state index contributed by atoms with van der Waals surface area (Å²) in [6.45, 7) is 0.876. The van der Waals surface area contributed by atoms with Crippen LogP contribution in [-0.2, 0) is 4.79 Å². The molecule has 4 nitrogen and oxygen atoms in total. The number of aliphatic hydroxyl groups is 1. The zero-order valence-electron chi connectivity index (χ0n) is 11.6. The molecule has 2 rings (SSSR count). The lowest BCUT2D eigenvalue weighted by Gasteiger charge is -2.41. The van der Waals surface area contributed by atoms with Gasteiger partial charge in [0, 0.05) is 19.2 Å². The molecule has 1 amide bonds. The molecule has 2 aliphatic rings. The molecule has 106 valence electrons. The number of piperidine rings is 1. The van der Waals surface area contributed by atoms with Crippen molar-refractivity contribution in [2.75, 3.05) is 13.2 Å². The van der Waals surface area contributed by atoms with Crippen molar-refractivity contribution in [2.24, 2.45) is 5.41 Å². The van der Waals surface area contributed by atoms with Crippen LogP contribution >= 0.6 is 0 Å². The van der Waals surface area contributed by atoms with Gasteiger partial charge in [0.1, 0.15) is 5.41 Å². The van der Waals surface area contributed by atoms with Crippen LogP contribution < -0.4 is 0 Å². The number of hydrogen-bond donors (Lipinski definition) is 1. The summed E-state index contributed by atoms with van der Waals surface area (Å²) in [5.41, 5.74) is -0.775. The van der Waals surface area contributed by atoms with E-state index < -0.39 is 5.41 Å². The number of rotatable bonds is 3. The Hall–Kier alpha value is -1.08. The number of hydrogen-bond acceptors (Lipinski definition) is 3. The minimum atomic E-state index is -0.775. The lowest BCUT2D eigenvalue weighted by atomic mass is 9.73. The fourth-order valence-corrected chi connectivity index (χ4v) is 3.52. The van der Waals surface area contributed by atoms with E-state index in [4.69, 9.17) is 5.11 Å². The second-order valence-electron chi connectivity index (χ2n) is 5.92. The number of carbonyl (C=O) groups excluding carboxylic acids is 1. The highest BCUT2D eigenvalue weighted by Gasteiger charge is 2.44. The third-order valence-electron chi connectivity index (χ3n) is 4.68. The maximum absolute atomic E-state index is 12.8. The van der Waals surface area contributed by atoms with Crippen LogP contribution in [0.2, 0.25) is 0 Å². The molecule has 0 aromatic heterocycles. The molecule has 0 spiro atoms. The first-order chi connectivity index (χ1) is 9.23. The third kappa shape index (κ3) is 2.92. The molecule has 0 radical (unpaired) electrons. The Balaban J connectivity index is 2.13. The Labute approximate surface area is 115 Å².